The Kier molecular flexibility index (Phi) is 3.95. The predicted octanol–water partition coefficient (Wildman–Crippen LogP) is 1.98. The van der Waals surface area contributed by atoms with E-state index in [2.05, 4.69) is 41.5 Å². The van der Waals surface area contributed by atoms with Crippen molar-refractivity contribution in [1.82, 2.24) is 0 Å². The van der Waals surface area contributed by atoms with Gasteiger partial charge in [0.25, 0.3) is 0 Å². The van der Waals surface area contributed by atoms with E-state index >= 15 is 0 Å². The molecular formula is C11H26N2. The second kappa shape index (κ2) is 3.97. The fourth-order valence-corrected chi connectivity index (χ4v) is 2.72. The monoisotopic (exact) mass is 186 g/mol. The molecule has 4 N–H and O–H groups in total. The molecule has 80 valence electrons. The van der Waals surface area contributed by atoms with Crippen LogP contribution in [0.5, 0.6) is 0 Å². The summed E-state index contributed by atoms with van der Waals surface area (Å²) >= 11 is 0. The normalized spacial score (nSPS) is 16.4. The van der Waals surface area contributed by atoms with Crippen LogP contribution in [0.25, 0.3) is 0 Å². The first kappa shape index (κ1) is 12.9. The third kappa shape index (κ3) is 3.65. The topological polar surface area (TPSA) is 52.0 Å². The highest BCUT2D eigenvalue weighted by molar-refractivity contribution is 4.91. The van der Waals surface area contributed by atoms with Crippen LogP contribution in [-0.2, 0) is 0 Å². The Balaban J connectivity index is 4.78. The first-order valence-corrected chi connectivity index (χ1v) is 5.06. The molecule has 2 nitrogen and oxygen atoms in total. The maximum Gasteiger partial charge on any atom is 0.0201 e. The molecule has 0 bridgehead atoms. The lowest BCUT2D eigenvalue weighted by Crippen LogP contribution is -2.49. The zero-order valence-corrected chi connectivity index (χ0v) is 10.0. The molecule has 2 heteroatoms. The van der Waals surface area contributed by atoms with Crippen LogP contribution in [0.15, 0.2) is 0 Å². The van der Waals surface area contributed by atoms with Gasteiger partial charge in [0.1, 0.15) is 0 Å². The lowest BCUT2D eigenvalue weighted by atomic mass is 9.63. The molecule has 0 radical (unpaired) electrons. The van der Waals surface area contributed by atoms with Crippen LogP contribution in [0.1, 0.15) is 41.5 Å². The lowest BCUT2D eigenvalue weighted by Gasteiger charge is -2.44. The average Bonchev–Trinajstić information content (AvgIpc) is 1.80. The highest BCUT2D eigenvalue weighted by Gasteiger charge is 2.38. The molecule has 1 unspecified atom stereocenters. The fraction of sp³-hybridized carbons (Fsp3) is 1.00. The van der Waals surface area contributed by atoms with Gasteiger partial charge in [0.2, 0.25) is 0 Å². The van der Waals surface area contributed by atoms with Crippen molar-refractivity contribution in [2.45, 2.75) is 47.6 Å². The van der Waals surface area contributed by atoms with E-state index in [1.54, 1.807) is 0 Å². The van der Waals surface area contributed by atoms with Gasteiger partial charge in [0.05, 0.1) is 0 Å². The summed E-state index contributed by atoms with van der Waals surface area (Å²) in [5, 5.41) is 0. The standard InChI is InChI=1S/C11H26N2/c1-10(2,3)9(8(13)7-12)11(4,5)6/h8-9H,7,12-13H2,1-6H3. The first-order chi connectivity index (χ1) is 5.60. The molecule has 0 aliphatic heterocycles. The van der Waals surface area contributed by atoms with Gasteiger partial charge in [-0.25, -0.2) is 0 Å². The molecule has 0 rings (SSSR count). The van der Waals surface area contributed by atoms with Crippen LogP contribution in [0.3, 0.4) is 0 Å². The Bertz CT molecular complexity index is 136. The van der Waals surface area contributed by atoms with E-state index in [9.17, 15) is 0 Å². The number of hydrogen-bond acceptors (Lipinski definition) is 2. The second-order valence-corrected chi connectivity index (χ2v) is 6.11. The van der Waals surface area contributed by atoms with Crippen LogP contribution in [-0.4, -0.2) is 12.6 Å². The van der Waals surface area contributed by atoms with Crippen molar-refractivity contribution < 1.29 is 0 Å². The smallest absolute Gasteiger partial charge is 0.0201 e. The van der Waals surface area contributed by atoms with Gasteiger partial charge in [-0.3, -0.25) is 0 Å². The molecule has 0 aromatic rings. The lowest BCUT2D eigenvalue weighted by molar-refractivity contribution is 0.0779. The molecule has 0 aromatic heterocycles. The average molecular weight is 186 g/mol. The molecule has 0 aliphatic rings. The number of rotatable bonds is 2. The van der Waals surface area contributed by atoms with Gasteiger partial charge in [-0.1, -0.05) is 41.5 Å². The summed E-state index contributed by atoms with van der Waals surface area (Å²) in [4.78, 5) is 0. The molecule has 0 saturated carbocycles. The summed E-state index contributed by atoms with van der Waals surface area (Å²) in [6.07, 6.45) is 0. The number of nitrogens with two attached hydrogens (primary N) is 2. The van der Waals surface area contributed by atoms with Gasteiger partial charge >= 0.3 is 0 Å². The van der Waals surface area contributed by atoms with Gasteiger partial charge in [-0.2, -0.15) is 0 Å². The van der Waals surface area contributed by atoms with Crippen molar-refractivity contribution in [2.75, 3.05) is 6.54 Å². The minimum Gasteiger partial charge on any atom is -0.329 e. The van der Waals surface area contributed by atoms with Crippen LogP contribution >= 0.6 is 0 Å². The maximum atomic E-state index is 6.06. The van der Waals surface area contributed by atoms with Crippen molar-refractivity contribution in [3.8, 4) is 0 Å². The summed E-state index contributed by atoms with van der Waals surface area (Å²) in [5.41, 5.74) is 12.1. The van der Waals surface area contributed by atoms with Crippen LogP contribution in [0.2, 0.25) is 0 Å². The van der Waals surface area contributed by atoms with Gasteiger partial charge in [0, 0.05) is 12.6 Å². The summed E-state index contributed by atoms with van der Waals surface area (Å²) in [7, 11) is 0. The largest absolute Gasteiger partial charge is 0.329 e. The van der Waals surface area contributed by atoms with Gasteiger partial charge in [-0.05, 0) is 16.7 Å². The third-order valence-corrected chi connectivity index (χ3v) is 2.57. The summed E-state index contributed by atoms with van der Waals surface area (Å²) in [6, 6.07) is 0.0972. The minimum atomic E-state index is 0.0972. The Morgan fingerprint density at radius 2 is 1.23 bits per heavy atom. The van der Waals surface area contributed by atoms with Crippen molar-refractivity contribution in [1.29, 1.82) is 0 Å². The molecule has 13 heavy (non-hydrogen) atoms. The van der Waals surface area contributed by atoms with Crippen LogP contribution in [0.4, 0.5) is 0 Å². The molecule has 0 fully saturated rings. The van der Waals surface area contributed by atoms with Crippen molar-refractivity contribution in [3.05, 3.63) is 0 Å². The fourth-order valence-electron chi connectivity index (χ4n) is 2.72. The van der Waals surface area contributed by atoms with Crippen LogP contribution < -0.4 is 11.5 Å². The predicted molar refractivity (Wildman–Crippen MR) is 59.4 cm³/mol. The second-order valence-electron chi connectivity index (χ2n) is 6.11. The molecule has 0 amide bonds. The molecule has 0 aliphatic carbocycles. The van der Waals surface area contributed by atoms with Crippen molar-refractivity contribution in [3.63, 3.8) is 0 Å². The molecule has 0 aromatic carbocycles. The van der Waals surface area contributed by atoms with Crippen molar-refractivity contribution >= 4 is 0 Å². The molecule has 0 saturated heterocycles. The van der Waals surface area contributed by atoms with E-state index in [4.69, 9.17) is 11.5 Å². The number of hydrogen-bond donors (Lipinski definition) is 2. The summed E-state index contributed by atoms with van der Waals surface area (Å²) < 4.78 is 0. The van der Waals surface area contributed by atoms with E-state index < -0.39 is 0 Å². The summed E-state index contributed by atoms with van der Waals surface area (Å²) in [5.74, 6) is 0.449. The molecule has 0 spiro atoms. The Hall–Kier alpha value is -0.0800. The summed E-state index contributed by atoms with van der Waals surface area (Å²) in [6.45, 7) is 14.0. The van der Waals surface area contributed by atoms with Gasteiger partial charge in [0.15, 0.2) is 0 Å². The Labute approximate surface area is 83.1 Å². The zero-order valence-electron chi connectivity index (χ0n) is 10.0. The van der Waals surface area contributed by atoms with E-state index in [0.29, 0.717) is 12.5 Å². The maximum absolute atomic E-state index is 6.06. The van der Waals surface area contributed by atoms with E-state index in [-0.39, 0.29) is 16.9 Å². The van der Waals surface area contributed by atoms with Crippen LogP contribution in [0, 0.1) is 16.7 Å². The minimum absolute atomic E-state index is 0.0972. The Morgan fingerprint density at radius 1 is 0.923 bits per heavy atom. The van der Waals surface area contributed by atoms with Crippen molar-refractivity contribution in [2.24, 2.45) is 28.2 Å². The molecule has 1 atom stereocenters. The van der Waals surface area contributed by atoms with E-state index in [1.165, 1.54) is 0 Å². The SMILES string of the molecule is CC(C)(C)C(C(N)CN)C(C)(C)C. The van der Waals surface area contributed by atoms with Gasteiger partial charge < -0.3 is 11.5 Å². The van der Waals surface area contributed by atoms with E-state index in [1.807, 2.05) is 0 Å². The van der Waals surface area contributed by atoms with E-state index in [0.717, 1.165) is 0 Å². The highest BCUT2D eigenvalue weighted by Crippen LogP contribution is 2.41. The first-order valence-electron chi connectivity index (χ1n) is 5.06. The molecule has 0 heterocycles. The zero-order chi connectivity index (χ0) is 10.9. The third-order valence-electron chi connectivity index (χ3n) is 2.57. The van der Waals surface area contributed by atoms with Gasteiger partial charge in [-0.15, -0.1) is 0 Å². The molecular weight excluding hydrogens is 160 g/mol. The highest BCUT2D eigenvalue weighted by atomic mass is 14.8. The quantitative estimate of drug-likeness (QED) is 0.693. The Morgan fingerprint density at radius 3 is 1.31 bits per heavy atom.